The Kier molecular flexibility index (Phi) is 2.39. The molecular formula is C8H15NO3. The monoisotopic (exact) mass is 173 g/mol. The first-order chi connectivity index (χ1) is 5.47. The predicted molar refractivity (Wildman–Crippen MR) is 43.7 cm³/mol. The van der Waals surface area contributed by atoms with E-state index in [1.54, 1.807) is 0 Å². The van der Waals surface area contributed by atoms with E-state index >= 15 is 0 Å². The van der Waals surface area contributed by atoms with Crippen LogP contribution in [-0.2, 0) is 9.53 Å². The highest BCUT2D eigenvalue weighted by Crippen LogP contribution is 2.26. The fourth-order valence-corrected chi connectivity index (χ4v) is 1.13. The van der Waals surface area contributed by atoms with Gasteiger partial charge in [0.1, 0.15) is 5.54 Å². The first kappa shape index (κ1) is 9.48. The molecule has 70 valence electrons. The minimum absolute atomic E-state index is 0.0634. The van der Waals surface area contributed by atoms with E-state index in [0.29, 0.717) is 13.0 Å². The molecule has 1 saturated heterocycles. The molecular weight excluding hydrogens is 158 g/mol. The second kappa shape index (κ2) is 3.03. The molecule has 1 aliphatic heterocycles. The Morgan fingerprint density at radius 3 is 2.58 bits per heavy atom. The number of hydrogen-bond donors (Lipinski definition) is 2. The van der Waals surface area contributed by atoms with Crippen molar-refractivity contribution in [3.05, 3.63) is 0 Å². The van der Waals surface area contributed by atoms with Crippen molar-refractivity contribution in [3.63, 3.8) is 0 Å². The molecule has 0 aromatic carbocycles. The van der Waals surface area contributed by atoms with E-state index in [4.69, 9.17) is 15.6 Å². The van der Waals surface area contributed by atoms with Crippen LogP contribution in [0.3, 0.4) is 0 Å². The van der Waals surface area contributed by atoms with Crippen molar-refractivity contribution in [2.24, 2.45) is 11.7 Å². The van der Waals surface area contributed by atoms with Crippen LogP contribution in [0.4, 0.5) is 0 Å². The van der Waals surface area contributed by atoms with Gasteiger partial charge in [0.05, 0.1) is 12.7 Å². The van der Waals surface area contributed by atoms with Crippen LogP contribution in [0.1, 0.15) is 20.3 Å². The van der Waals surface area contributed by atoms with Gasteiger partial charge in [0.2, 0.25) is 0 Å². The third kappa shape index (κ3) is 1.76. The van der Waals surface area contributed by atoms with Crippen molar-refractivity contribution in [3.8, 4) is 0 Å². The lowest BCUT2D eigenvalue weighted by Gasteiger charge is -2.27. The van der Waals surface area contributed by atoms with Crippen molar-refractivity contribution in [1.82, 2.24) is 0 Å². The predicted octanol–water partition coefficient (Wildman–Crippen LogP) is 0.213. The largest absolute Gasteiger partial charge is 0.480 e. The lowest BCUT2D eigenvalue weighted by Crippen LogP contribution is -2.53. The zero-order valence-corrected chi connectivity index (χ0v) is 7.41. The fraction of sp³-hybridized carbons (Fsp3) is 0.875. The Labute approximate surface area is 71.7 Å². The van der Waals surface area contributed by atoms with E-state index in [1.165, 1.54) is 0 Å². The zero-order chi connectivity index (χ0) is 9.35. The maximum absolute atomic E-state index is 10.8. The minimum atomic E-state index is -1.12. The molecule has 0 amide bonds. The van der Waals surface area contributed by atoms with Crippen LogP contribution in [0.5, 0.6) is 0 Å². The van der Waals surface area contributed by atoms with Crippen molar-refractivity contribution in [2.45, 2.75) is 31.9 Å². The zero-order valence-electron chi connectivity index (χ0n) is 7.41. The van der Waals surface area contributed by atoms with E-state index < -0.39 is 11.5 Å². The molecule has 0 spiro atoms. The standard InChI is InChI=1S/C8H15NO3/c1-5(2)8(9,7(10)11)3-6-4-12-6/h5-6H,3-4,9H2,1-2H3,(H,10,11). The van der Waals surface area contributed by atoms with Gasteiger partial charge >= 0.3 is 5.97 Å². The highest BCUT2D eigenvalue weighted by Gasteiger charge is 2.43. The summed E-state index contributed by atoms with van der Waals surface area (Å²) in [6.07, 6.45) is 0.480. The second-order valence-corrected chi connectivity index (χ2v) is 3.66. The molecule has 2 unspecified atom stereocenters. The summed E-state index contributed by atoms with van der Waals surface area (Å²) in [5, 5.41) is 8.90. The highest BCUT2D eigenvalue weighted by molar-refractivity contribution is 5.78. The average molecular weight is 173 g/mol. The van der Waals surface area contributed by atoms with Gasteiger partial charge in [-0.1, -0.05) is 13.8 Å². The molecule has 2 atom stereocenters. The van der Waals surface area contributed by atoms with Gasteiger partial charge in [0, 0.05) is 6.42 Å². The van der Waals surface area contributed by atoms with Crippen LogP contribution in [0.2, 0.25) is 0 Å². The molecule has 4 nitrogen and oxygen atoms in total. The van der Waals surface area contributed by atoms with E-state index in [0.717, 1.165) is 0 Å². The smallest absolute Gasteiger partial charge is 0.324 e. The third-order valence-electron chi connectivity index (χ3n) is 2.40. The third-order valence-corrected chi connectivity index (χ3v) is 2.40. The van der Waals surface area contributed by atoms with Gasteiger partial charge in [0.25, 0.3) is 0 Å². The Morgan fingerprint density at radius 2 is 2.33 bits per heavy atom. The average Bonchev–Trinajstić information content (AvgIpc) is 2.70. The van der Waals surface area contributed by atoms with Crippen molar-refractivity contribution < 1.29 is 14.6 Å². The lowest BCUT2D eigenvalue weighted by atomic mass is 9.83. The molecule has 1 fully saturated rings. The summed E-state index contributed by atoms with van der Waals surface area (Å²) in [5.41, 5.74) is 4.62. The minimum Gasteiger partial charge on any atom is -0.480 e. The number of hydrogen-bond acceptors (Lipinski definition) is 3. The van der Waals surface area contributed by atoms with Gasteiger partial charge in [-0.15, -0.1) is 0 Å². The van der Waals surface area contributed by atoms with Gasteiger partial charge in [-0.25, -0.2) is 0 Å². The SMILES string of the molecule is CC(C)C(N)(CC1CO1)C(=O)O. The maximum atomic E-state index is 10.8. The molecule has 1 heterocycles. The first-order valence-electron chi connectivity index (χ1n) is 4.10. The normalized spacial score (nSPS) is 26.8. The summed E-state index contributed by atoms with van der Waals surface area (Å²) < 4.78 is 4.96. The number of ether oxygens (including phenoxy) is 1. The van der Waals surface area contributed by atoms with Crippen molar-refractivity contribution in [1.29, 1.82) is 0 Å². The molecule has 1 rings (SSSR count). The van der Waals surface area contributed by atoms with Crippen LogP contribution >= 0.6 is 0 Å². The first-order valence-corrected chi connectivity index (χ1v) is 4.10. The second-order valence-electron chi connectivity index (χ2n) is 3.66. The van der Waals surface area contributed by atoms with E-state index in [2.05, 4.69) is 0 Å². The number of nitrogens with two attached hydrogens (primary N) is 1. The topological polar surface area (TPSA) is 75.8 Å². The number of aliphatic carboxylic acids is 1. The van der Waals surface area contributed by atoms with Crippen molar-refractivity contribution >= 4 is 5.97 Å². The molecule has 12 heavy (non-hydrogen) atoms. The summed E-state index contributed by atoms with van der Waals surface area (Å²) in [6.45, 7) is 4.28. The van der Waals surface area contributed by atoms with Crippen LogP contribution in [0.15, 0.2) is 0 Å². The van der Waals surface area contributed by atoms with Gasteiger partial charge in [-0.2, -0.15) is 0 Å². The summed E-state index contributed by atoms with van der Waals surface area (Å²) in [6, 6.07) is 0. The Balaban J connectivity index is 2.62. The fourth-order valence-electron chi connectivity index (χ4n) is 1.13. The molecule has 0 aromatic rings. The van der Waals surface area contributed by atoms with Gasteiger partial charge in [-0.3, -0.25) is 4.79 Å². The molecule has 1 aliphatic rings. The molecule has 0 saturated carbocycles. The highest BCUT2D eigenvalue weighted by atomic mass is 16.6. The number of rotatable bonds is 4. The number of epoxide rings is 1. The van der Waals surface area contributed by atoms with Crippen LogP contribution in [0.25, 0.3) is 0 Å². The van der Waals surface area contributed by atoms with Gasteiger partial charge in [-0.05, 0) is 5.92 Å². The molecule has 3 N–H and O–H groups in total. The van der Waals surface area contributed by atoms with Crippen LogP contribution < -0.4 is 5.73 Å². The van der Waals surface area contributed by atoms with Gasteiger partial charge < -0.3 is 15.6 Å². The summed E-state index contributed by atoms with van der Waals surface area (Å²) in [5.74, 6) is -1.01. The molecule has 4 heteroatoms. The molecule has 0 aromatic heterocycles. The van der Waals surface area contributed by atoms with E-state index in [-0.39, 0.29) is 12.0 Å². The number of carbonyl (C=O) groups is 1. The van der Waals surface area contributed by atoms with Crippen molar-refractivity contribution in [2.75, 3.05) is 6.61 Å². The number of carboxylic acid groups (broad SMARTS) is 1. The summed E-state index contributed by atoms with van der Waals surface area (Å²) in [4.78, 5) is 10.8. The summed E-state index contributed by atoms with van der Waals surface area (Å²) >= 11 is 0. The molecule has 0 radical (unpaired) electrons. The Hall–Kier alpha value is -0.610. The lowest BCUT2D eigenvalue weighted by molar-refractivity contribution is -0.145. The van der Waals surface area contributed by atoms with E-state index in [1.807, 2.05) is 13.8 Å². The quantitative estimate of drug-likeness (QED) is 0.596. The van der Waals surface area contributed by atoms with Gasteiger partial charge in [0.15, 0.2) is 0 Å². The molecule has 0 aliphatic carbocycles. The summed E-state index contributed by atoms with van der Waals surface area (Å²) in [7, 11) is 0. The molecule has 0 bridgehead atoms. The van der Waals surface area contributed by atoms with E-state index in [9.17, 15) is 4.79 Å². The van der Waals surface area contributed by atoms with Crippen LogP contribution in [0, 0.1) is 5.92 Å². The Morgan fingerprint density at radius 1 is 1.83 bits per heavy atom. The maximum Gasteiger partial charge on any atom is 0.324 e. The number of carboxylic acids is 1. The Bertz CT molecular complexity index is 189. The van der Waals surface area contributed by atoms with Crippen LogP contribution in [-0.4, -0.2) is 29.3 Å².